The molecule has 2 heterocycles. The van der Waals surface area contributed by atoms with Crippen LogP contribution in [0.1, 0.15) is 18.4 Å². The van der Waals surface area contributed by atoms with Gasteiger partial charge >= 0.3 is 12.1 Å². The molecule has 3 rings (SSSR count). The fourth-order valence-corrected chi connectivity index (χ4v) is 4.22. The number of rotatable bonds is 5. The lowest BCUT2D eigenvalue weighted by Crippen LogP contribution is -2.53. The maximum Gasteiger partial charge on any atom is 0.455 e. The lowest BCUT2D eigenvalue weighted by Gasteiger charge is -2.33. The second-order valence-electron chi connectivity index (χ2n) is 7.15. The fraction of sp³-hybridized carbons (Fsp3) is 0.529. The largest absolute Gasteiger partial charge is 0.455 e. The molecule has 1 saturated heterocycles. The Balaban J connectivity index is 1.70. The predicted molar refractivity (Wildman–Crippen MR) is 98.7 cm³/mol. The van der Waals surface area contributed by atoms with E-state index in [1.54, 1.807) is 24.3 Å². The average Bonchev–Trinajstić information content (AvgIpc) is 3.11. The van der Waals surface area contributed by atoms with Crippen LogP contribution in [0, 0.1) is 0 Å². The van der Waals surface area contributed by atoms with Crippen LogP contribution in [-0.4, -0.2) is 51.9 Å². The summed E-state index contributed by atoms with van der Waals surface area (Å²) in [5.41, 5.74) is 5.76. The van der Waals surface area contributed by atoms with Crippen molar-refractivity contribution in [2.45, 2.75) is 37.0 Å². The molecule has 1 aromatic rings. The first-order chi connectivity index (χ1) is 13.4. The van der Waals surface area contributed by atoms with Crippen LogP contribution in [0.2, 0.25) is 0 Å². The van der Waals surface area contributed by atoms with Crippen LogP contribution in [0.15, 0.2) is 30.3 Å². The van der Waals surface area contributed by atoms with Crippen molar-refractivity contribution in [3.05, 3.63) is 35.9 Å². The lowest BCUT2D eigenvalue weighted by atomic mass is 10.0. The molecule has 0 amide bonds. The Morgan fingerprint density at radius 1 is 1.14 bits per heavy atom. The van der Waals surface area contributed by atoms with E-state index in [0.717, 1.165) is 18.0 Å². The van der Waals surface area contributed by atoms with Gasteiger partial charge in [0.1, 0.15) is 6.04 Å². The molecule has 162 valence electrons. The van der Waals surface area contributed by atoms with Gasteiger partial charge in [0.2, 0.25) is 10.0 Å². The topological polar surface area (TPSA) is 73.5 Å². The molecule has 0 radical (unpaired) electrons. The smallest absolute Gasteiger partial charge is 0.371 e. The second-order valence-corrected chi connectivity index (χ2v) is 8.93. The third-order valence-corrected chi connectivity index (χ3v) is 5.62. The molecule has 0 bridgehead atoms. The number of hydrazine groups is 1. The van der Waals surface area contributed by atoms with E-state index in [1.165, 1.54) is 0 Å². The summed E-state index contributed by atoms with van der Waals surface area (Å²) in [7, 11) is -3.28. The zero-order chi connectivity index (χ0) is 21.4. The quantitative estimate of drug-likeness (QED) is 0.613. The van der Waals surface area contributed by atoms with Gasteiger partial charge in [-0.05, 0) is 31.1 Å². The number of sulfonamides is 1. The van der Waals surface area contributed by atoms with Crippen molar-refractivity contribution in [2.24, 2.45) is 0 Å². The minimum Gasteiger partial charge on any atom is -0.371 e. The number of benzene rings is 1. The van der Waals surface area contributed by atoms with E-state index in [9.17, 15) is 30.4 Å². The van der Waals surface area contributed by atoms with Crippen molar-refractivity contribution in [3.63, 3.8) is 0 Å². The predicted octanol–water partition coefficient (Wildman–Crippen LogP) is 2.22. The van der Waals surface area contributed by atoms with Crippen molar-refractivity contribution in [1.82, 2.24) is 15.6 Å². The summed E-state index contributed by atoms with van der Waals surface area (Å²) in [6.07, 6.45) is -2.53. The van der Waals surface area contributed by atoms with E-state index < -0.39 is 28.2 Å². The molecule has 0 spiro atoms. The van der Waals surface area contributed by atoms with Crippen molar-refractivity contribution in [2.75, 3.05) is 24.2 Å². The van der Waals surface area contributed by atoms with Crippen LogP contribution in [0.3, 0.4) is 0 Å². The summed E-state index contributed by atoms with van der Waals surface area (Å²) >= 11 is 0. The summed E-state index contributed by atoms with van der Waals surface area (Å²) in [6.45, 7) is 1.16. The van der Waals surface area contributed by atoms with Gasteiger partial charge in [-0.2, -0.15) is 22.0 Å². The number of halogens is 5. The van der Waals surface area contributed by atoms with Crippen LogP contribution >= 0.6 is 0 Å². The fourth-order valence-electron chi connectivity index (χ4n) is 3.37. The zero-order valence-corrected chi connectivity index (χ0v) is 16.2. The first-order valence-corrected chi connectivity index (χ1v) is 10.8. The van der Waals surface area contributed by atoms with Gasteiger partial charge in [0.15, 0.2) is 0 Å². The van der Waals surface area contributed by atoms with Gasteiger partial charge in [-0.25, -0.2) is 18.6 Å². The lowest BCUT2D eigenvalue weighted by molar-refractivity contribution is -0.287. The Morgan fingerprint density at radius 3 is 2.38 bits per heavy atom. The Kier molecular flexibility index (Phi) is 5.80. The van der Waals surface area contributed by atoms with Gasteiger partial charge in [0, 0.05) is 30.4 Å². The van der Waals surface area contributed by atoms with Crippen LogP contribution in [0.25, 0.3) is 5.70 Å². The summed E-state index contributed by atoms with van der Waals surface area (Å²) in [5.74, 6) is -4.91. The molecule has 12 heteroatoms. The molecule has 0 saturated carbocycles. The third-order valence-electron chi connectivity index (χ3n) is 4.86. The molecule has 6 nitrogen and oxygen atoms in total. The number of hydrogen-bond donors (Lipinski definition) is 3. The Labute approximate surface area is 165 Å². The normalized spacial score (nSPS) is 21.8. The van der Waals surface area contributed by atoms with E-state index in [-0.39, 0.29) is 11.7 Å². The van der Waals surface area contributed by atoms with Crippen LogP contribution in [0.4, 0.5) is 27.6 Å². The Hall–Kier alpha value is -1.92. The number of hydrogen-bond acceptors (Lipinski definition) is 5. The monoisotopic (exact) mass is 440 g/mol. The van der Waals surface area contributed by atoms with E-state index in [1.807, 2.05) is 10.3 Å². The molecule has 29 heavy (non-hydrogen) atoms. The summed E-state index contributed by atoms with van der Waals surface area (Å²) in [4.78, 5) is 2.01. The van der Waals surface area contributed by atoms with Crippen molar-refractivity contribution in [1.29, 1.82) is 0 Å². The summed E-state index contributed by atoms with van der Waals surface area (Å²) < 4.78 is 90.0. The highest BCUT2D eigenvalue weighted by Crippen LogP contribution is 2.40. The number of anilines is 1. The average molecular weight is 440 g/mol. The summed E-state index contributed by atoms with van der Waals surface area (Å²) in [6, 6.07) is 4.42. The molecule has 1 aromatic carbocycles. The van der Waals surface area contributed by atoms with E-state index in [2.05, 4.69) is 10.1 Å². The van der Waals surface area contributed by atoms with E-state index >= 15 is 0 Å². The molecular formula is C17H21F5N4O2S. The van der Waals surface area contributed by atoms with E-state index in [4.69, 9.17) is 0 Å². The number of piperidine rings is 1. The number of alkyl halides is 5. The highest BCUT2D eigenvalue weighted by Gasteiger charge is 2.62. The second kappa shape index (κ2) is 7.73. The molecule has 2 aliphatic heterocycles. The molecule has 0 aliphatic carbocycles. The molecule has 2 aliphatic rings. The van der Waals surface area contributed by atoms with Crippen molar-refractivity contribution >= 4 is 21.4 Å². The molecule has 0 aromatic heterocycles. The minimum absolute atomic E-state index is 0.134. The van der Waals surface area contributed by atoms with Gasteiger partial charge < -0.3 is 10.3 Å². The molecule has 1 atom stereocenters. The third kappa shape index (κ3) is 4.98. The first kappa shape index (κ1) is 21.8. The van der Waals surface area contributed by atoms with Crippen LogP contribution < -0.4 is 20.5 Å². The van der Waals surface area contributed by atoms with Gasteiger partial charge in [-0.3, -0.25) is 0 Å². The highest BCUT2D eigenvalue weighted by molar-refractivity contribution is 7.88. The molecule has 1 fully saturated rings. The Morgan fingerprint density at radius 2 is 1.79 bits per heavy atom. The minimum atomic E-state index is -5.66. The van der Waals surface area contributed by atoms with Crippen LogP contribution in [0.5, 0.6) is 0 Å². The van der Waals surface area contributed by atoms with E-state index in [0.29, 0.717) is 31.5 Å². The first-order valence-electron chi connectivity index (χ1n) is 8.87. The van der Waals surface area contributed by atoms with Crippen molar-refractivity contribution < 1.29 is 30.4 Å². The van der Waals surface area contributed by atoms with Crippen LogP contribution in [-0.2, 0) is 10.0 Å². The zero-order valence-electron chi connectivity index (χ0n) is 15.4. The maximum atomic E-state index is 13.5. The highest BCUT2D eigenvalue weighted by atomic mass is 32.2. The SMILES string of the molecule is CS(=O)(=O)NC1CCN(c2cccc(C3=CC(C(F)(F)C(F)(F)F)NN3)c2)CC1. The van der Waals surface area contributed by atoms with Gasteiger partial charge in [-0.15, -0.1) is 0 Å². The van der Waals surface area contributed by atoms with Crippen molar-refractivity contribution in [3.8, 4) is 0 Å². The molecule has 1 unspecified atom stereocenters. The maximum absolute atomic E-state index is 13.5. The van der Waals surface area contributed by atoms with Gasteiger partial charge in [0.25, 0.3) is 0 Å². The molecular weight excluding hydrogens is 419 g/mol. The molecule has 3 N–H and O–H groups in total. The number of nitrogens with zero attached hydrogens (tertiary/aromatic N) is 1. The number of nitrogens with one attached hydrogen (secondary N) is 3. The Bertz CT molecular complexity index is 880. The summed E-state index contributed by atoms with van der Waals surface area (Å²) in [5, 5.41) is 0. The standard InChI is InChI=1S/C17H21F5N4O2S/c1-29(27,28)25-12-5-7-26(8-6-12)13-4-2-3-11(9-13)14-10-15(24-23-14)16(18,19)17(20,21)22/h2-4,9-10,12,15,23-25H,5-8H2,1H3. The van der Waals surface area contributed by atoms with Gasteiger partial charge in [-0.1, -0.05) is 12.1 Å². The van der Waals surface area contributed by atoms with Gasteiger partial charge in [0.05, 0.1) is 12.0 Å².